The summed E-state index contributed by atoms with van der Waals surface area (Å²) in [5.74, 6) is 0.917. The summed E-state index contributed by atoms with van der Waals surface area (Å²) in [6.45, 7) is 0.905. The molecule has 1 aliphatic carbocycles. The zero-order valence-electron chi connectivity index (χ0n) is 9.14. The van der Waals surface area contributed by atoms with Crippen LogP contribution in [-0.2, 0) is 4.74 Å². The van der Waals surface area contributed by atoms with E-state index in [1.54, 1.807) is 0 Å². The van der Waals surface area contributed by atoms with Crippen LogP contribution in [0.25, 0.3) is 0 Å². The van der Waals surface area contributed by atoms with Gasteiger partial charge in [-0.1, -0.05) is 11.6 Å². The molecule has 1 fully saturated rings. The van der Waals surface area contributed by atoms with E-state index in [0.29, 0.717) is 17.7 Å². The highest BCUT2D eigenvalue weighted by Crippen LogP contribution is 2.40. The van der Waals surface area contributed by atoms with Crippen molar-refractivity contribution in [3.63, 3.8) is 0 Å². The van der Waals surface area contributed by atoms with Gasteiger partial charge >= 0.3 is 5.97 Å². The second-order valence-corrected chi connectivity index (χ2v) is 4.36. The Balaban J connectivity index is 2.00. The van der Waals surface area contributed by atoms with Crippen molar-refractivity contribution < 1.29 is 9.53 Å². The van der Waals surface area contributed by atoms with Crippen LogP contribution < -0.4 is 5.32 Å². The third kappa shape index (κ3) is 1.22. The fourth-order valence-corrected chi connectivity index (χ4v) is 2.73. The summed E-state index contributed by atoms with van der Waals surface area (Å²) in [4.78, 5) is 11.5. The van der Waals surface area contributed by atoms with Crippen LogP contribution in [-0.4, -0.2) is 34.6 Å². The summed E-state index contributed by atoms with van der Waals surface area (Å²) in [7, 11) is 1.36. The molecule has 1 aromatic heterocycles. The maximum Gasteiger partial charge on any atom is 0.362 e. The van der Waals surface area contributed by atoms with Crippen LogP contribution >= 0.6 is 0 Å². The minimum atomic E-state index is -0.426. The molecule has 2 aliphatic rings. The van der Waals surface area contributed by atoms with Gasteiger partial charge in [-0.2, -0.15) is 0 Å². The zero-order chi connectivity index (χ0) is 11.1. The number of rotatable bonds is 1. The summed E-state index contributed by atoms with van der Waals surface area (Å²) >= 11 is 0. The van der Waals surface area contributed by atoms with E-state index in [1.807, 2.05) is 4.68 Å². The molecule has 16 heavy (non-hydrogen) atoms. The number of esters is 1. The van der Waals surface area contributed by atoms with Gasteiger partial charge in [-0.25, -0.2) is 9.48 Å². The number of ether oxygens (including phenoxy) is 1. The highest BCUT2D eigenvalue weighted by Gasteiger charge is 2.36. The molecule has 6 heteroatoms. The summed E-state index contributed by atoms with van der Waals surface area (Å²) in [6, 6.07) is 0.405. The molecule has 0 bridgehead atoms. The van der Waals surface area contributed by atoms with E-state index in [9.17, 15) is 4.79 Å². The zero-order valence-corrected chi connectivity index (χ0v) is 9.14. The monoisotopic (exact) mass is 222 g/mol. The first-order valence-corrected chi connectivity index (χ1v) is 5.58. The summed E-state index contributed by atoms with van der Waals surface area (Å²) in [5, 5.41) is 11.2. The van der Waals surface area contributed by atoms with Gasteiger partial charge < -0.3 is 10.1 Å². The highest BCUT2D eigenvalue weighted by atomic mass is 16.5. The molecule has 2 heterocycles. The fourth-order valence-electron chi connectivity index (χ4n) is 2.73. The van der Waals surface area contributed by atoms with Crippen LogP contribution in [0, 0.1) is 5.92 Å². The molecule has 0 saturated heterocycles. The maximum absolute atomic E-state index is 11.5. The van der Waals surface area contributed by atoms with Gasteiger partial charge in [-0.05, 0) is 18.8 Å². The van der Waals surface area contributed by atoms with Crippen LogP contribution in [0.1, 0.15) is 35.8 Å². The molecule has 2 unspecified atom stereocenters. The largest absolute Gasteiger partial charge is 0.464 e. The number of methoxy groups -OCH3 is 1. The van der Waals surface area contributed by atoms with Crippen molar-refractivity contribution in [1.29, 1.82) is 0 Å². The van der Waals surface area contributed by atoms with Crippen molar-refractivity contribution in [3.8, 4) is 0 Å². The van der Waals surface area contributed by atoms with Crippen LogP contribution in [0.15, 0.2) is 0 Å². The number of hydrogen-bond donors (Lipinski definition) is 1. The number of carbonyl (C=O) groups excluding carboxylic acids is 1. The molecule has 86 valence electrons. The minimum absolute atomic E-state index is 0.299. The SMILES string of the molecule is COC(=O)c1nnn2c1NCC1CCCC12. The van der Waals surface area contributed by atoms with Crippen molar-refractivity contribution in [1.82, 2.24) is 15.0 Å². The number of aromatic nitrogens is 3. The molecule has 3 rings (SSSR count). The van der Waals surface area contributed by atoms with Crippen molar-refractivity contribution in [3.05, 3.63) is 5.69 Å². The topological polar surface area (TPSA) is 69.0 Å². The smallest absolute Gasteiger partial charge is 0.362 e. The predicted octanol–water partition coefficient (Wildman–Crippen LogP) is 0.831. The first-order valence-electron chi connectivity index (χ1n) is 5.58. The van der Waals surface area contributed by atoms with Gasteiger partial charge in [-0.3, -0.25) is 0 Å². The fraction of sp³-hybridized carbons (Fsp3) is 0.700. The normalized spacial score (nSPS) is 26.8. The molecule has 6 nitrogen and oxygen atoms in total. The number of carbonyl (C=O) groups is 1. The molecule has 0 aromatic carbocycles. The molecule has 1 aromatic rings. The molecule has 0 radical (unpaired) electrons. The first-order chi connectivity index (χ1) is 7.81. The Hall–Kier alpha value is -1.59. The summed E-state index contributed by atoms with van der Waals surface area (Å²) < 4.78 is 6.53. The Labute approximate surface area is 93.0 Å². The Morgan fingerprint density at radius 3 is 3.25 bits per heavy atom. The first kappa shape index (κ1) is 9.62. The summed E-state index contributed by atoms with van der Waals surface area (Å²) in [5.41, 5.74) is 0.299. The Kier molecular flexibility index (Phi) is 2.08. The third-order valence-corrected chi connectivity index (χ3v) is 3.54. The molecule has 0 amide bonds. The van der Waals surface area contributed by atoms with E-state index in [0.717, 1.165) is 18.8 Å². The minimum Gasteiger partial charge on any atom is -0.464 e. The second-order valence-electron chi connectivity index (χ2n) is 4.36. The standard InChI is InChI=1S/C10H14N4O2/c1-16-10(15)8-9-11-5-6-3-2-4-7(6)14(9)13-12-8/h6-7,11H,2-5H2,1H3. The molecular weight excluding hydrogens is 208 g/mol. The van der Waals surface area contributed by atoms with Crippen LogP contribution in [0.2, 0.25) is 0 Å². The number of anilines is 1. The van der Waals surface area contributed by atoms with Crippen LogP contribution in [0.5, 0.6) is 0 Å². The van der Waals surface area contributed by atoms with E-state index in [-0.39, 0.29) is 0 Å². The van der Waals surface area contributed by atoms with Gasteiger partial charge in [0.05, 0.1) is 13.2 Å². The van der Waals surface area contributed by atoms with Crippen LogP contribution in [0.3, 0.4) is 0 Å². The van der Waals surface area contributed by atoms with Crippen molar-refractivity contribution in [2.45, 2.75) is 25.3 Å². The lowest BCUT2D eigenvalue weighted by Gasteiger charge is -2.27. The predicted molar refractivity (Wildman–Crippen MR) is 56.2 cm³/mol. The second kappa shape index (κ2) is 3.47. The molecule has 1 N–H and O–H groups in total. The molecule has 2 atom stereocenters. The van der Waals surface area contributed by atoms with Crippen LogP contribution in [0.4, 0.5) is 5.82 Å². The van der Waals surface area contributed by atoms with Crippen molar-refractivity contribution in [2.75, 3.05) is 19.0 Å². The maximum atomic E-state index is 11.5. The average Bonchev–Trinajstić information content (AvgIpc) is 2.92. The van der Waals surface area contributed by atoms with E-state index >= 15 is 0 Å². The Morgan fingerprint density at radius 1 is 1.56 bits per heavy atom. The van der Waals surface area contributed by atoms with E-state index in [2.05, 4.69) is 20.4 Å². The van der Waals surface area contributed by atoms with Gasteiger partial charge in [0.15, 0.2) is 5.82 Å². The lowest BCUT2D eigenvalue weighted by atomic mass is 10.0. The molecule has 0 spiro atoms. The molecule has 1 saturated carbocycles. The lowest BCUT2D eigenvalue weighted by Crippen LogP contribution is -2.30. The van der Waals surface area contributed by atoms with Crippen molar-refractivity contribution in [2.24, 2.45) is 5.92 Å². The van der Waals surface area contributed by atoms with E-state index < -0.39 is 5.97 Å². The van der Waals surface area contributed by atoms with Gasteiger partial charge in [-0.15, -0.1) is 5.10 Å². The molecule has 1 aliphatic heterocycles. The highest BCUT2D eigenvalue weighted by molar-refractivity contribution is 5.92. The van der Waals surface area contributed by atoms with Gasteiger partial charge in [0.1, 0.15) is 0 Å². The van der Waals surface area contributed by atoms with Gasteiger partial charge in [0, 0.05) is 6.54 Å². The van der Waals surface area contributed by atoms with Crippen molar-refractivity contribution >= 4 is 11.8 Å². The lowest BCUT2D eigenvalue weighted by molar-refractivity contribution is 0.0595. The number of nitrogens with zero attached hydrogens (tertiary/aromatic N) is 3. The quantitative estimate of drug-likeness (QED) is 0.713. The van der Waals surface area contributed by atoms with E-state index in [4.69, 9.17) is 0 Å². The Morgan fingerprint density at radius 2 is 2.44 bits per heavy atom. The molecular formula is C10H14N4O2. The average molecular weight is 222 g/mol. The van der Waals surface area contributed by atoms with E-state index in [1.165, 1.54) is 20.0 Å². The number of fused-ring (bicyclic) bond motifs is 3. The Bertz CT molecular complexity index is 428. The summed E-state index contributed by atoms with van der Waals surface area (Å²) in [6.07, 6.45) is 3.58. The third-order valence-electron chi connectivity index (χ3n) is 3.54. The van der Waals surface area contributed by atoms with Gasteiger partial charge in [0.25, 0.3) is 0 Å². The van der Waals surface area contributed by atoms with Gasteiger partial charge in [0.2, 0.25) is 5.69 Å². The number of nitrogens with one attached hydrogen (secondary N) is 1. The number of hydrogen-bond acceptors (Lipinski definition) is 5.